The molecule has 1 fully saturated rings. The predicted octanol–water partition coefficient (Wildman–Crippen LogP) is 2.18. The van der Waals surface area contributed by atoms with E-state index in [4.69, 9.17) is 4.74 Å². The molecule has 2 aromatic rings. The second kappa shape index (κ2) is 7.33. The van der Waals surface area contributed by atoms with Gasteiger partial charge in [0.05, 0.1) is 23.2 Å². The van der Waals surface area contributed by atoms with Crippen LogP contribution in [0.3, 0.4) is 0 Å². The number of nitrogens with one attached hydrogen (secondary N) is 2. The molecule has 22 heavy (non-hydrogen) atoms. The van der Waals surface area contributed by atoms with Gasteiger partial charge in [-0.15, -0.1) is 11.3 Å². The number of aromatic nitrogens is 2. The first kappa shape index (κ1) is 14.9. The first-order chi connectivity index (χ1) is 10.8. The maximum atomic E-state index is 11.8. The molecule has 3 rings (SSSR count). The van der Waals surface area contributed by atoms with Gasteiger partial charge in [-0.3, -0.25) is 9.97 Å². The molecule has 116 valence electrons. The fourth-order valence-corrected chi connectivity index (χ4v) is 3.10. The predicted molar refractivity (Wildman–Crippen MR) is 84.6 cm³/mol. The minimum absolute atomic E-state index is 0.143. The normalized spacial score (nSPS) is 17.4. The minimum Gasteiger partial charge on any atom is -0.376 e. The van der Waals surface area contributed by atoms with Crippen molar-refractivity contribution in [3.8, 4) is 10.6 Å². The Hall–Kier alpha value is -1.99. The van der Waals surface area contributed by atoms with Crippen molar-refractivity contribution in [3.63, 3.8) is 0 Å². The second-order valence-corrected chi connectivity index (χ2v) is 5.98. The highest BCUT2D eigenvalue weighted by Gasteiger charge is 2.16. The van der Waals surface area contributed by atoms with Crippen LogP contribution in [0, 0.1) is 0 Å². The third kappa shape index (κ3) is 3.80. The molecule has 1 aliphatic heterocycles. The summed E-state index contributed by atoms with van der Waals surface area (Å²) >= 11 is 1.60. The quantitative estimate of drug-likeness (QED) is 0.886. The van der Waals surface area contributed by atoms with E-state index in [0.29, 0.717) is 13.1 Å². The van der Waals surface area contributed by atoms with Gasteiger partial charge in [0.25, 0.3) is 0 Å². The Morgan fingerprint density at radius 2 is 2.27 bits per heavy atom. The van der Waals surface area contributed by atoms with Crippen molar-refractivity contribution >= 4 is 17.4 Å². The van der Waals surface area contributed by atoms with E-state index in [9.17, 15) is 4.79 Å². The van der Waals surface area contributed by atoms with Gasteiger partial charge < -0.3 is 15.4 Å². The van der Waals surface area contributed by atoms with E-state index >= 15 is 0 Å². The van der Waals surface area contributed by atoms with E-state index in [2.05, 4.69) is 20.6 Å². The summed E-state index contributed by atoms with van der Waals surface area (Å²) in [6.07, 6.45) is 5.52. The number of hydrogen-bond donors (Lipinski definition) is 2. The van der Waals surface area contributed by atoms with Crippen molar-refractivity contribution in [1.29, 1.82) is 0 Å². The van der Waals surface area contributed by atoms with Crippen LogP contribution in [-0.4, -0.2) is 35.3 Å². The summed E-state index contributed by atoms with van der Waals surface area (Å²) in [6.45, 7) is 1.68. The van der Waals surface area contributed by atoms with Gasteiger partial charge in [0.2, 0.25) is 0 Å². The SMILES string of the molecule is O=C(NCc1nccnc1-c1cccs1)NC[C@H]1CCCO1. The smallest absolute Gasteiger partial charge is 0.315 e. The van der Waals surface area contributed by atoms with E-state index in [-0.39, 0.29) is 12.1 Å². The molecule has 0 aromatic carbocycles. The number of nitrogens with zero attached hydrogens (tertiary/aromatic N) is 2. The number of urea groups is 1. The summed E-state index contributed by atoms with van der Waals surface area (Å²) in [6, 6.07) is 3.76. The van der Waals surface area contributed by atoms with Crippen LogP contribution in [-0.2, 0) is 11.3 Å². The molecular weight excluding hydrogens is 300 g/mol. The summed E-state index contributed by atoms with van der Waals surface area (Å²) in [4.78, 5) is 21.6. The van der Waals surface area contributed by atoms with Crippen LogP contribution in [0.1, 0.15) is 18.5 Å². The number of hydrogen-bond acceptors (Lipinski definition) is 5. The van der Waals surface area contributed by atoms with E-state index in [0.717, 1.165) is 35.7 Å². The fraction of sp³-hybridized carbons (Fsp3) is 0.400. The molecule has 0 unspecified atom stereocenters. The lowest BCUT2D eigenvalue weighted by Gasteiger charge is -2.12. The van der Waals surface area contributed by atoms with Crippen molar-refractivity contribution in [2.24, 2.45) is 0 Å². The average Bonchev–Trinajstić information content (AvgIpc) is 3.24. The van der Waals surface area contributed by atoms with Crippen LogP contribution in [0.5, 0.6) is 0 Å². The number of carbonyl (C=O) groups is 1. The average molecular weight is 318 g/mol. The first-order valence-electron chi connectivity index (χ1n) is 7.30. The molecule has 3 heterocycles. The Morgan fingerprint density at radius 3 is 3.05 bits per heavy atom. The van der Waals surface area contributed by atoms with Crippen LogP contribution >= 0.6 is 11.3 Å². The Kier molecular flexibility index (Phi) is 4.97. The molecule has 0 radical (unpaired) electrons. The number of amides is 2. The number of ether oxygens (including phenoxy) is 1. The van der Waals surface area contributed by atoms with Gasteiger partial charge in [-0.2, -0.15) is 0 Å². The molecule has 0 saturated carbocycles. The lowest BCUT2D eigenvalue weighted by atomic mass is 10.2. The van der Waals surface area contributed by atoms with E-state index in [1.165, 1.54) is 0 Å². The zero-order valence-corrected chi connectivity index (χ0v) is 12.9. The topological polar surface area (TPSA) is 76.1 Å². The summed E-state index contributed by atoms with van der Waals surface area (Å²) < 4.78 is 5.47. The lowest BCUT2D eigenvalue weighted by Crippen LogP contribution is -2.39. The van der Waals surface area contributed by atoms with Gasteiger partial charge in [0.1, 0.15) is 5.69 Å². The summed E-state index contributed by atoms with van der Waals surface area (Å²) in [5.41, 5.74) is 1.58. The standard InChI is InChI=1S/C15H18N4O2S/c20-15(18-9-11-3-1-7-21-11)19-10-12-14(17-6-5-16-12)13-4-2-8-22-13/h2,4-6,8,11H,1,3,7,9-10H2,(H2,18,19,20)/t11-/m1/s1. The largest absolute Gasteiger partial charge is 0.376 e. The van der Waals surface area contributed by atoms with Crippen LogP contribution in [0.25, 0.3) is 10.6 Å². The zero-order valence-electron chi connectivity index (χ0n) is 12.1. The number of carbonyl (C=O) groups excluding carboxylic acids is 1. The molecule has 1 atom stereocenters. The van der Waals surface area contributed by atoms with Gasteiger partial charge in [0, 0.05) is 25.5 Å². The Bertz CT molecular complexity index is 612. The molecule has 1 saturated heterocycles. The van der Waals surface area contributed by atoms with Crippen molar-refractivity contribution in [2.45, 2.75) is 25.5 Å². The summed E-state index contributed by atoms with van der Waals surface area (Å²) in [7, 11) is 0. The maximum Gasteiger partial charge on any atom is 0.315 e. The molecule has 0 aliphatic carbocycles. The monoisotopic (exact) mass is 318 g/mol. The maximum absolute atomic E-state index is 11.8. The van der Waals surface area contributed by atoms with Crippen LogP contribution in [0.15, 0.2) is 29.9 Å². The first-order valence-corrected chi connectivity index (χ1v) is 8.18. The van der Waals surface area contributed by atoms with Gasteiger partial charge in [0.15, 0.2) is 0 Å². The molecule has 6 nitrogen and oxygen atoms in total. The van der Waals surface area contributed by atoms with Gasteiger partial charge in [-0.1, -0.05) is 6.07 Å². The van der Waals surface area contributed by atoms with Crippen LogP contribution in [0.2, 0.25) is 0 Å². The fourth-order valence-electron chi connectivity index (χ4n) is 2.35. The minimum atomic E-state index is -0.210. The lowest BCUT2D eigenvalue weighted by molar-refractivity contribution is 0.111. The van der Waals surface area contributed by atoms with Crippen molar-refractivity contribution in [2.75, 3.05) is 13.2 Å². The van der Waals surface area contributed by atoms with Crippen molar-refractivity contribution in [1.82, 2.24) is 20.6 Å². The van der Waals surface area contributed by atoms with Gasteiger partial charge >= 0.3 is 6.03 Å². The highest BCUT2D eigenvalue weighted by Crippen LogP contribution is 2.24. The highest BCUT2D eigenvalue weighted by molar-refractivity contribution is 7.13. The van der Waals surface area contributed by atoms with Crippen LogP contribution < -0.4 is 10.6 Å². The second-order valence-electron chi connectivity index (χ2n) is 5.03. The molecular formula is C15H18N4O2S. The Balaban J connectivity index is 1.54. The molecule has 0 bridgehead atoms. The highest BCUT2D eigenvalue weighted by atomic mass is 32.1. The molecule has 7 heteroatoms. The summed E-state index contributed by atoms with van der Waals surface area (Å²) in [5.74, 6) is 0. The third-order valence-electron chi connectivity index (χ3n) is 3.46. The Labute approximate surface area is 132 Å². The third-order valence-corrected chi connectivity index (χ3v) is 4.34. The van der Waals surface area contributed by atoms with Gasteiger partial charge in [-0.25, -0.2) is 4.79 Å². The van der Waals surface area contributed by atoms with Crippen molar-refractivity contribution < 1.29 is 9.53 Å². The van der Waals surface area contributed by atoms with E-state index < -0.39 is 0 Å². The van der Waals surface area contributed by atoms with Gasteiger partial charge in [-0.05, 0) is 24.3 Å². The molecule has 0 spiro atoms. The van der Waals surface area contributed by atoms with E-state index in [1.54, 1.807) is 23.7 Å². The molecule has 2 N–H and O–H groups in total. The molecule has 1 aliphatic rings. The number of rotatable bonds is 5. The molecule has 2 amide bonds. The Morgan fingerprint density at radius 1 is 1.36 bits per heavy atom. The molecule has 2 aromatic heterocycles. The van der Waals surface area contributed by atoms with Crippen molar-refractivity contribution in [3.05, 3.63) is 35.6 Å². The van der Waals surface area contributed by atoms with E-state index in [1.807, 2.05) is 17.5 Å². The zero-order chi connectivity index (χ0) is 15.2. The summed E-state index contributed by atoms with van der Waals surface area (Å²) in [5, 5.41) is 7.65. The van der Waals surface area contributed by atoms with Crippen LogP contribution in [0.4, 0.5) is 4.79 Å². The number of thiophene rings is 1.